The number of hydrogen-bond donors (Lipinski definition) is 1. The number of halogens is 2. The number of aromatic nitrogens is 2. The second-order valence-corrected chi connectivity index (χ2v) is 5.41. The number of aromatic amines is 1. The first-order valence-electron chi connectivity index (χ1n) is 6.25. The molecule has 0 atom stereocenters. The molecule has 0 aliphatic carbocycles. The van der Waals surface area contributed by atoms with Crippen LogP contribution in [0.15, 0.2) is 51.7 Å². The second kappa shape index (κ2) is 5.61. The lowest BCUT2D eigenvalue weighted by Crippen LogP contribution is -2.09. The topological polar surface area (TPSA) is 45.8 Å². The van der Waals surface area contributed by atoms with Gasteiger partial charge in [-0.25, -0.2) is 9.37 Å². The van der Waals surface area contributed by atoms with Gasteiger partial charge in [0.1, 0.15) is 11.6 Å². The van der Waals surface area contributed by atoms with E-state index in [-0.39, 0.29) is 11.4 Å². The maximum atomic E-state index is 12.8. The van der Waals surface area contributed by atoms with E-state index in [1.165, 1.54) is 12.1 Å². The summed E-state index contributed by atoms with van der Waals surface area (Å²) < 4.78 is 13.7. The third kappa shape index (κ3) is 3.08. The van der Waals surface area contributed by atoms with Crippen LogP contribution in [0.1, 0.15) is 11.4 Å². The highest BCUT2D eigenvalue weighted by atomic mass is 79.9. The Hall–Kier alpha value is -2.27. The summed E-state index contributed by atoms with van der Waals surface area (Å²) in [5, 5.41) is 0.531. The van der Waals surface area contributed by atoms with Crippen LogP contribution in [-0.2, 0) is 0 Å². The fraction of sp³-hybridized carbons (Fsp3) is 0. The molecule has 3 rings (SSSR count). The van der Waals surface area contributed by atoms with Crippen LogP contribution in [0.2, 0.25) is 0 Å². The normalized spacial score (nSPS) is 11.3. The Morgan fingerprint density at radius 2 is 1.86 bits per heavy atom. The summed E-state index contributed by atoms with van der Waals surface area (Å²) in [6.07, 6.45) is 3.46. The predicted molar refractivity (Wildman–Crippen MR) is 85.4 cm³/mol. The maximum absolute atomic E-state index is 12.8. The lowest BCUT2D eigenvalue weighted by molar-refractivity contribution is 0.628. The molecule has 1 heterocycles. The van der Waals surface area contributed by atoms with E-state index in [2.05, 4.69) is 25.9 Å². The summed E-state index contributed by atoms with van der Waals surface area (Å²) >= 11 is 3.33. The average molecular weight is 345 g/mol. The molecule has 0 bridgehead atoms. The highest BCUT2D eigenvalue weighted by Crippen LogP contribution is 2.15. The molecule has 3 nitrogen and oxygen atoms in total. The fourth-order valence-corrected chi connectivity index (χ4v) is 2.32. The maximum Gasteiger partial charge on any atom is 0.259 e. The minimum Gasteiger partial charge on any atom is -0.306 e. The van der Waals surface area contributed by atoms with Crippen LogP contribution >= 0.6 is 15.9 Å². The van der Waals surface area contributed by atoms with Crippen molar-refractivity contribution in [3.8, 4) is 0 Å². The van der Waals surface area contributed by atoms with Crippen molar-refractivity contribution in [1.82, 2.24) is 9.97 Å². The van der Waals surface area contributed by atoms with Crippen molar-refractivity contribution in [1.29, 1.82) is 0 Å². The van der Waals surface area contributed by atoms with Crippen molar-refractivity contribution in [2.75, 3.05) is 0 Å². The SMILES string of the molecule is O=c1[nH]c(C=Cc2ccc(F)cc2)nc2ccc(Br)cc12. The molecule has 0 amide bonds. The summed E-state index contributed by atoms with van der Waals surface area (Å²) in [5.41, 5.74) is 1.26. The van der Waals surface area contributed by atoms with Crippen molar-refractivity contribution in [3.63, 3.8) is 0 Å². The van der Waals surface area contributed by atoms with Crippen LogP contribution in [0.4, 0.5) is 4.39 Å². The molecule has 0 saturated carbocycles. The van der Waals surface area contributed by atoms with E-state index in [1.807, 2.05) is 6.07 Å². The van der Waals surface area contributed by atoms with Gasteiger partial charge in [0, 0.05) is 4.47 Å². The van der Waals surface area contributed by atoms with Gasteiger partial charge in [-0.1, -0.05) is 34.1 Å². The zero-order valence-electron chi connectivity index (χ0n) is 10.8. The van der Waals surface area contributed by atoms with Gasteiger partial charge in [-0.05, 0) is 42.0 Å². The Kier molecular flexibility index (Phi) is 3.66. The van der Waals surface area contributed by atoms with E-state index in [9.17, 15) is 9.18 Å². The predicted octanol–water partition coefficient (Wildman–Crippen LogP) is 4.00. The van der Waals surface area contributed by atoms with Gasteiger partial charge in [0.25, 0.3) is 5.56 Å². The van der Waals surface area contributed by atoms with Crippen molar-refractivity contribution >= 4 is 39.0 Å². The Balaban J connectivity index is 1.99. The molecule has 5 heteroatoms. The standard InChI is InChI=1S/C16H10BrFN2O/c17-11-4-7-14-13(9-11)16(21)20-15(19-14)8-3-10-1-5-12(18)6-2-10/h1-9H,(H,19,20,21). The molecule has 0 saturated heterocycles. The van der Waals surface area contributed by atoms with E-state index in [0.717, 1.165) is 10.0 Å². The molecular weight excluding hydrogens is 335 g/mol. The summed E-state index contributed by atoms with van der Waals surface area (Å²) in [4.78, 5) is 19.1. The largest absolute Gasteiger partial charge is 0.306 e. The lowest BCUT2D eigenvalue weighted by Gasteiger charge is -2.00. The number of rotatable bonds is 2. The third-order valence-corrected chi connectivity index (χ3v) is 3.48. The van der Waals surface area contributed by atoms with Gasteiger partial charge in [-0.15, -0.1) is 0 Å². The summed E-state index contributed by atoms with van der Waals surface area (Å²) in [5.74, 6) is 0.175. The zero-order chi connectivity index (χ0) is 14.8. The Morgan fingerprint density at radius 1 is 1.10 bits per heavy atom. The molecule has 104 valence electrons. The van der Waals surface area contributed by atoms with E-state index >= 15 is 0 Å². The van der Waals surface area contributed by atoms with Crippen LogP contribution in [0.5, 0.6) is 0 Å². The van der Waals surface area contributed by atoms with Gasteiger partial charge in [0.2, 0.25) is 0 Å². The molecule has 0 spiro atoms. The van der Waals surface area contributed by atoms with E-state index in [1.54, 1.807) is 36.4 Å². The Morgan fingerprint density at radius 3 is 2.62 bits per heavy atom. The third-order valence-electron chi connectivity index (χ3n) is 2.99. The summed E-state index contributed by atoms with van der Waals surface area (Å²) in [7, 11) is 0. The van der Waals surface area contributed by atoms with Crippen molar-refractivity contribution in [2.24, 2.45) is 0 Å². The van der Waals surface area contributed by atoms with Crippen molar-refractivity contribution in [2.45, 2.75) is 0 Å². The van der Waals surface area contributed by atoms with Gasteiger partial charge < -0.3 is 4.98 Å². The molecule has 21 heavy (non-hydrogen) atoms. The number of nitrogens with zero attached hydrogens (tertiary/aromatic N) is 1. The van der Waals surface area contributed by atoms with E-state index < -0.39 is 0 Å². The summed E-state index contributed by atoms with van der Waals surface area (Å²) in [6, 6.07) is 11.4. The highest BCUT2D eigenvalue weighted by Gasteiger charge is 2.02. The number of benzene rings is 2. The first-order chi connectivity index (χ1) is 10.1. The van der Waals surface area contributed by atoms with Gasteiger partial charge in [-0.3, -0.25) is 4.79 Å². The second-order valence-electron chi connectivity index (χ2n) is 4.50. The Bertz CT molecular complexity index is 885. The van der Waals surface area contributed by atoms with Crippen LogP contribution in [0.3, 0.4) is 0 Å². The van der Waals surface area contributed by atoms with E-state index in [0.29, 0.717) is 16.7 Å². The highest BCUT2D eigenvalue weighted by molar-refractivity contribution is 9.10. The quantitative estimate of drug-likeness (QED) is 0.763. The smallest absolute Gasteiger partial charge is 0.259 e. The monoisotopic (exact) mass is 344 g/mol. The minimum atomic E-state index is -0.282. The molecule has 0 fully saturated rings. The van der Waals surface area contributed by atoms with Gasteiger partial charge in [0.15, 0.2) is 0 Å². The molecular formula is C16H10BrFN2O. The summed E-state index contributed by atoms with van der Waals surface area (Å²) in [6.45, 7) is 0. The van der Waals surface area contributed by atoms with Gasteiger partial charge in [0.05, 0.1) is 10.9 Å². The minimum absolute atomic E-state index is 0.194. The van der Waals surface area contributed by atoms with Gasteiger partial charge >= 0.3 is 0 Å². The number of H-pyrrole nitrogens is 1. The number of hydrogen-bond acceptors (Lipinski definition) is 2. The van der Waals surface area contributed by atoms with Crippen LogP contribution < -0.4 is 5.56 Å². The first-order valence-corrected chi connectivity index (χ1v) is 7.04. The molecule has 1 aromatic heterocycles. The Labute approximate surface area is 128 Å². The van der Waals surface area contributed by atoms with Crippen molar-refractivity contribution in [3.05, 3.63) is 74.5 Å². The van der Waals surface area contributed by atoms with Gasteiger partial charge in [-0.2, -0.15) is 0 Å². The molecule has 0 aliphatic rings. The van der Waals surface area contributed by atoms with Crippen molar-refractivity contribution < 1.29 is 4.39 Å². The molecule has 1 N–H and O–H groups in total. The van der Waals surface area contributed by atoms with Crippen LogP contribution in [0, 0.1) is 5.82 Å². The van der Waals surface area contributed by atoms with Crippen LogP contribution in [-0.4, -0.2) is 9.97 Å². The lowest BCUT2D eigenvalue weighted by atomic mass is 10.2. The van der Waals surface area contributed by atoms with Crippen LogP contribution in [0.25, 0.3) is 23.1 Å². The molecule has 2 aromatic carbocycles. The average Bonchev–Trinajstić information content (AvgIpc) is 2.47. The molecule has 3 aromatic rings. The first kappa shape index (κ1) is 13.7. The number of fused-ring (bicyclic) bond motifs is 1. The molecule has 0 aliphatic heterocycles. The molecule has 0 unspecified atom stereocenters. The zero-order valence-corrected chi connectivity index (χ0v) is 12.4. The number of nitrogens with one attached hydrogen (secondary N) is 1. The molecule has 0 radical (unpaired) electrons. The van der Waals surface area contributed by atoms with E-state index in [4.69, 9.17) is 0 Å². The fourth-order valence-electron chi connectivity index (χ4n) is 1.96.